The van der Waals surface area contributed by atoms with Gasteiger partial charge in [0.15, 0.2) is 16.8 Å². The van der Waals surface area contributed by atoms with E-state index in [2.05, 4.69) is 44.8 Å². The second-order valence-electron chi connectivity index (χ2n) is 7.97. The van der Waals surface area contributed by atoms with Gasteiger partial charge in [-0.3, -0.25) is 0 Å². The lowest BCUT2D eigenvalue weighted by molar-refractivity contribution is 0.374. The minimum atomic E-state index is 0.0533. The molecule has 28 heavy (non-hydrogen) atoms. The van der Waals surface area contributed by atoms with Crippen molar-refractivity contribution in [3.63, 3.8) is 0 Å². The number of aryl methyl sites for hydroxylation is 1. The zero-order valence-electron chi connectivity index (χ0n) is 16.5. The Morgan fingerprint density at radius 3 is 2.96 bits per heavy atom. The fourth-order valence-electron chi connectivity index (χ4n) is 3.82. The first kappa shape index (κ1) is 18.4. The van der Waals surface area contributed by atoms with Crippen LogP contribution in [-0.2, 0) is 19.9 Å². The van der Waals surface area contributed by atoms with Crippen molar-refractivity contribution in [3.05, 3.63) is 28.2 Å². The van der Waals surface area contributed by atoms with E-state index in [-0.39, 0.29) is 5.25 Å². The minimum Gasteiger partial charge on any atom is -0.338 e. The van der Waals surface area contributed by atoms with Crippen LogP contribution in [0.2, 0.25) is 0 Å². The van der Waals surface area contributed by atoms with Crippen molar-refractivity contribution >= 4 is 23.1 Å². The van der Waals surface area contributed by atoms with Gasteiger partial charge < -0.3 is 9.09 Å². The quantitative estimate of drug-likeness (QED) is 0.517. The maximum absolute atomic E-state index is 5.47. The van der Waals surface area contributed by atoms with Crippen LogP contribution in [0.15, 0.2) is 15.7 Å². The van der Waals surface area contributed by atoms with E-state index in [0.717, 1.165) is 22.7 Å². The molecule has 0 bridgehead atoms. The highest BCUT2D eigenvalue weighted by molar-refractivity contribution is 7.99. The molecule has 2 aliphatic rings. The van der Waals surface area contributed by atoms with Gasteiger partial charge in [0, 0.05) is 17.8 Å². The van der Waals surface area contributed by atoms with Crippen LogP contribution < -0.4 is 0 Å². The van der Waals surface area contributed by atoms with E-state index in [1.165, 1.54) is 53.8 Å². The number of rotatable bonds is 6. The Morgan fingerprint density at radius 2 is 2.18 bits per heavy atom. The fourth-order valence-corrected chi connectivity index (χ4v) is 5.89. The molecule has 2 atom stereocenters. The SMILES string of the molecule is CCC1CCc2sc(-c3nnc(SC(C)c4nc(C5CC5)no4)n3C)cc2C1. The average Bonchev–Trinajstić information content (AvgIpc) is 3.13. The first-order chi connectivity index (χ1) is 13.6. The van der Waals surface area contributed by atoms with Crippen molar-refractivity contribution < 1.29 is 4.52 Å². The molecule has 2 unspecified atom stereocenters. The van der Waals surface area contributed by atoms with E-state index in [0.29, 0.717) is 11.8 Å². The molecule has 148 valence electrons. The van der Waals surface area contributed by atoms with Gasteiger partial charge in [-0.15, -0.1) is 21.5 Å². The van der Waals surface area contributed by atoms with Crippen LogP contribution in [0, 0.1) is 5.92 Å². The number of nitrogens with zero attached hydrogens (tertiary/aromatic N) is 5. The molecular weight excluding hydrogens is 390 g/mol. The van der Waals surface area contributed by atoms with Crippen LogP contribution in [-0.4, -0.2) is 24.9 Å². The molecule has 0 amide bonds. The third-order valence-electron chi connectivity index (χ3n) is 5.85. The smallest absolute Gasteiger partial charge is 0.239 e. The Labute approximate surface area is 173 Å². The summed E-state index contributed by atoms with van der Waals surface area (Å²) in [5, 5.41) is 14.0. The molecule has 1 fully saturated rings. The predicted octanol–water partition coefficient (Wildman–Crippen LogP) is 5.17. The molecular formula is C20H25N5OS2. The van der Waals surface area contributed by atoms with E-state index in [1.807, 2.05) is 18.4 Å². The van der Waals surface area contributed by atoms with Crippen LogP contribution in [0.3, 0.4) is 0 Å². The number of aromatic nitrogens is 5. The highest BCUT2D eigenvalue weighted by Crippen LogP contribution is 2.41. The van der Waals surface area contributed by atoms with Gasteiger partial charge in [-0.25, -0.2) is 0 Å². The van der Waals surface area contributed by atoms with Gasteiger partial charge in [0.1, 0.15) is 0 Å². The zero-order valence-corrected chi connectivity index (χ0v) is 18.1. The Bertz CT molecular complexity index is 987. The molecule has 2 aliphatic carbocycles. The maximum Gasteiger partial charge on any atom is 0.239 e. The second kappa shape index (κ2) is 7.30. The van der Waals surface area contributed by atoms with Crippen molar-refractivity contribution in [2.45, 2.75) is 68.7 Å². The molecule has 0 aliphatic heterocycles. The zero-order chi connectivity index (χ0) is 19.3. The summed E-state index contributed by atoms with van der Waals surface area (Å²) >= 11 is 3.50. The van der Waals surface area contributed by atoms with Crippen LogP contribution in [0.5, 0.6) is 0 Å². The molecule has 0 aromatic carbocycles. The molecule has 3 aromatic rings. The largest absolute Gasteiger partial charge is 0.338 e. The first-order valence-corrected chi connectivity index (χ1v) is 11.8. The maximum atomic E-state index is 5.47. The number of hydrogen-bond donors (Lipinski definition) is 0. The van der Waals surface area contributed by atoms with E-state index >= 15 is 0 Å². The summed E-state index contributed by atoms with van der Waals surface area (Å²) in [4.78, 5) is 7.33. The third kappa shape index (κ3) is 3.41. The van der Waals surface area contributed by atoms with Gasteiger partial charge >= 0.3 is 0 Å². The van der Waals surface area contributed by atoms with Gasteiger partial charge in [-0.1, -0.05) is 30.3 Å². The molecule has 0 radical (unpaired) electrons. The highest BCUT2D eigenvalue weighted by Gasteiger charge is 2.30. The Balaban J connectivity index is 1.34. The topological polar surface area (TPSA) is 69.6 Å². The molecule has 3 aromatic heterocycles. The van der Waals surface area contributed by atoms with Gasteiger partial charge in [0.25, 0.3) is 0 Å². The normalized spacial score (nSPS) is 20.3. The monoisotopic (exact) mass is 415 g/mol. The lowest BCUT2D eigenvalue weighted by Gasteiger charge is -2.19. The van der Waals surface area contributed by atoms with E-state index in [4.69, 9.17) is 4.52 Å². The molecule has 0 N–H and O–H groups in total. The fraction of sp³-hybridized carbons (Fsp3) is 0.600. The number of thiophene rings is 1. The number of thioether (sulfide) groups is 1. The number of fused-ring (bicyclic) bond motifs is 1. The Hall–Kier alpha value is -1.67. The summed E-state index contributed by atoms with van der Waals surface area (Å²) in [7, 11) is 2.04. The lowest BCUT2D eigenvalue weighted by Crippen LogP contribution is -2.10. The third-order valence-corrected chi connectivity index (χ3v) is 8.20. The van der Waals surface area contributed by atoms with Crippen molar-refractivity contribution in [3.8, 4) is 10.7 Å². The first-order valence-electron chi connectivity index (χ1n) is 10.1. The van der Waals surface area contributed by atoms with E-state index in [9.17, 15) is 0 Å². The molecule has 6 nitrogen and oxygen atoms in total. The lowest BCUT2D eigenvalue weighted by atomic mass is 9.87. The molecule has 3 heterocycles. The van der Waals surface area contributed by atoms with Gasteiger partial charge in [-0.05, 0) is 56.6 Å². The highest BCUT2D eigenvalue weighted by atomic mass is 32.2. The molecule has 5 rings (SSSR count). The summed E-state index contributed by atoms with van der Waals surface area (Å²) in [6, 6.07) is 2.34. The summed E-state index contributed by atoms with van der Waals surface area (Å²) in [5.74, 6) is 3.82. The van der Waals surface area contributed by atoms with Crippen LogP contribution in [0.25, 0.3) is 10.7 Å². The molecule has 0 spiro atoms. The summed E-state index contributed by atoms with van der Waals surface area (Å²) in [6.45, 7) is 4.38. The Kier molecular flexibility index (Phi) is 4.79. The minimum absolute atomic E-state index is 0.0533. The van der Waals surface area contributed by atoms with Crippen molar-refractivity contribution in [1.82, 2.24) is 24.9 Å². The summed E-state index contributed by atoms with van der Waals surface area (Å²) in [6.07, 6.45) is 7.35. The van der Waals surface area contributed by atoms with Gasteiger partial charge in [-0.2, -0.15) is 4.98 Å². The standard InChI is InChI=1S/C20H25N5OS2/c1-4-12-5-8-15-14(9-12)10-16(28-15)18-22-23-20(25(18)3)27-11(2)19-21-17(24-26-19)13-6-7-13/h10-13H,4-9H2,1-3H3. The molecule has 1 saturated carbocycles. The molecule has 0 saturated heterocycles. The van der Waals surface area contributed by atoms with Crippen LogP contribution in [0.1, 0.15) is 72.9 Å². The second-order valence-corrected chi connectivity index (χ2v) is 10.4. The summed E-state index contributed by atoms with van der Waals surface area (Å²) in [5.41, 5.74) is 1.52. The summed E-state index contributed by atoms with van der Waals surface area (Å²) < 4.78 is 7.56. The van der Waals surface area contributed by atoms with Gasteiger partial charge in [0.2, 0.25) is 5.89 Å². The van der Waals surface area contributed by atoms with E-state index in [1.54, 1.807) is 11.8 Å². The average molecular weight is 416 g/mol. The van der Waals surface area contributed by atoms with Crippen LogP contribution in [0.4, 0.5) is 0 Å². The van der Waals surface area contributed by atoms with Crippen molar-refractivity contribution in [2.75, 3.05) is 0 Å². The van der Waals surface area contributed by atoms with Crippen LogP contribution >= 0.6 is 23.1 Å². The van der Waals surface area contributed by atoms with Crippen molar-refractivity contribution in [2.24, 2.45) is 13.0 Å². The van der Waals surface area contributed by atoms with E-state index < -0.39 is 0 Å². The molecule has 8 heteroatoms. The Morgan fingerprint density at radius 1 is 1.32 bits per heavy atom. The van der Waals surface area contributed by atoms with Gasteiger partial charge in [0.05, 0.1) is 10.1 Å². The number of hydrogen-bond acceptors (Lipinski definition) is 7. The predicted molar refractivity (Wildman–Crippen MR) is 111 cm³/mol. The van der Waals surface area contributed by atoms with Crippen molar-refractivity contribution in [1.29, 1.82) is 0 Å².